The van der Waals surface area contributed by atoms with Crippen LogP contribution in [0.4, 0.5) is 0 Å². The molecule has 0 atom stereocenters. The number of nitrogens with zero attached hydrogens (tertiary/aromatic N) is 1. The first kappa shape index (κ1) is 24.3. The van der Waals surface area contributed by atoms with Crippen molar-refractivity contribution in [2.24, 2.45) is 5.92 Å². The number of aryl methyl sites for hydroxylation is 2. The molecule has 2 amide bonds. The van der Waals surface area contributed by atoms with Crippen molar-refractivity contribution in [3.63, 3.8) is 0 Å². The van der Waals surface area contributed by atoms with Crippen LogP contribution < -0.4 is 10.0 Å². The topological polar surface area (TPSA) is 95.6 Å². The highest BCUT2D eigenvalue weighted by molar-refractivity contribution is 7.89. The Bertz CT molecular complexity index is 842. The zero-order chi connectivity index (χ0) is 22.3. The minimum atomic E-state index is -3.65. The van der Waals surface area contributed by atoms with Crippen LogP contribution in [0.2, 0.25) is 0 Å². The van der Waals surface area contributed by atoms with Gasteiger partial charge in [0.15, 0.2) is 0 Å². The lowest BCUT2D eigenvalue weighted by molar-refractivity contribution is -0.137. The van der Waals surface area contributed by atoms with E-state index >= 15 is 0 Å². The maximum Gasteiger partial charge on any atom is 0.240 e. The Hall–Kier alpha value is -1.93. The van der Waals surface area contributed by atoms with Crippen LogP contribution in [0.3, 0.4) is 0 Å². The number of hydrogen-bond donors (Lipinski definition) is 2. The average Bonchev–Trinajstić information content (AvgIpc) is 2.71. The van der Waals surface area contributed by atoms with Crippen LogP contribution in [-0.2, 0) is 19.6 Å². The zero-order valence-electron chi connectivity index (χ0n) is 18.5. The molecule has 0 aromatic heterocycles. The molecule has 0 unspecified atom stereocenters. The first-order valence-corrected chi connectivity index (χ1v) is 12.3. The van der Waals surface area contributed by atoms with E-state index in [1.807, 2.05) is 31.7 Å². The first-order chi connectivity index (χ1) is 14.2. The standard InChI is InChI=1S/C22H35N3O4S/c1-5-18(6-2)22(27)25-13-10-19(11-14-25)24-21(26)9-12-23-30(28,29)20-15-16(3)7-8-17(20)4/h7-8,15,18-19,23H,5-6,9-14H2,1-4H3,(H,24,26). The summed E-state index contributed by atoms with van der Waals surface area (Å²) in [6, 6.07) is 5.30. The number of carbonyl (C=O) groups is 2. The quantitative estimate of drug-likeness (QED) is 0.620. The summed E-state index contributed by atoms with van der Waals surface area (Å²) in [4.78, 5) is 26.9. The van der Waals surface area contributed by atoms with Gasteiger partial charge in [-0.25, -0.2) is 13.1 Å². The second-order valence-electron chi connectivity index (χ2n) is 8.10. The molecule has 1 saturated heterocycles. The summed E-state index contributed by atoms with van der Waals surface area (Å²) in [6.45, 7) is 9.02. The minimum absolute atomic E-state index is 0.0267. The van der Waals surface area contributed by atoms with Gasteiger partial charge in [0.1, 0.15) is 0 Å². The van der Waals surface area contributed by atoms with E-state index in [-0.39, 0.29) is 41.6 Å². The molecule has 0 aliphatic carbocycles. The highest BCUT2D eigenvalue weighted by Gasteiger charge is 2.27. The van der Waals surface area contributed by atoms with Crippen LogP contribution in [0, 0.1) is 19.8 Å². The van der Waals surface area contributed by atoms with Crippen molar-refractivity contribution in [2.75, 3.05) is 19.6 Å². The van der Waals surface area contributed by atoms with Gasteiger partial charge in [0.05, 0.1) is 4.90 Å². The van der Waals surface area contributed by atoms with E-state index in [1.165, 1.54) is 0 Å². The Morgan fingerprint density at radius 1 is 1.13 bits per heavy atom. The molecule has 1 heterocycles. The molecule has 0 radical (unpaired) electrons. The maximum absolute atomic E-state index is 12.5. The van der Waals surface area contributed by atoms with Crippen LogP contribution in [0.15, 0.2) is 23.1 Å². The van der Waals surface area contributed by atoms with Crippen molar-refractivity contribution in [1.82, 2.24) is 14.9 Å². The Balaban J connectivity index is 1.77. The van der Waals surface area contributed by atoms with Gasteiger partial charge in [0, 0.05) is 38.0 Å². The van der Waals surface area contributed by atoms with Crippen molar-refractivity contribution in [3.05, 3.63) is 29.3 Å². The van der Waals surface area contributed by atoms with E-state index < -0.39 is 10.0 Å². The van der Waals surface area contributed by atoms with Crippen LogP contribution in [0.25, 0.3) is 0 Å². The number of sulfonamides is 1. The number of likely N-dealkylation sites (tertiary alicyclic amines) is 1. The molecule has 7 nitrogen and oxygen atoms in total. The number of piperidine rings is 1. The van der Waals surface area contributed by atoms with Gasteiger partial charge in [-0.1, -0.05) is 26.0 Å². The number of nitrogens with one attached hydrogen (secondary N) is 2. The van der Waals surface area contributed by atoms with E-state index in [2.05, 4.69) is 10.0 Å². The summed E-state index contributed by atoms with van der Waals surface area (Å²) in [7, 11) is -3.65. The van der Waals surface area contributed by atoms with Gasteiger partial charge < -0.3 is 10.2 Å². The molecule has 1 aliphatic rings. The number of rotatable bonds is 9. The summed E-state index contributed by atoms with van der Waals surface area (Å²) < 4.78 is 27.5. The molecular formula is C22H35N3O4S. The fourth-order valence-corrected chi connectivity index (χ4v) is 5.17. The largest absolute Gasteiger partial charge is 0.353 e. The lowest BCUT2D eigenvalue weighted by atomic mass is 9.98. The van der Waals surface area contributed by atoms with Gasteiger partial charge in [-0.15, -0.1) is 0 Å². The van der Waals surface area contributed by atoms with E-state index in [0.717, 1.165) is 31.2 Å². The third-order valence-electron chi connectivity index (χ3n) is 5.78. The lowest BCUT2D eigenvalue weighted by Crippen LogP contribution is -2.48. The predicted octanol–water partition coefficient (Wildman–Crippen LogP) is 2.52. The molecule has 0 spiro atoms. The van der Waals surface area contributed by atoms with Gasteiger partial charge >= 0.3 is 0 Å². The molecule has 1 aromatic carbocycles. The predicted molar refractivity (Wildman–Crippen MR) is 118 cm³/mol. The molecule has 0 bridgehead atoms. The first-order valence-electron chi connectivity index (χ1n) is 10.8. The SMILES string of the molecule is CCC(CC)C(=O)N1CCC(NC(=O)CCNS(=O)(=O)c2cc(C)ccc2C)CC1. The summed E-state index contributed by atoms with van der Waals surface area (Å²) in [5.74, 6) is 0.121. The zero-order valence-corrected chi connectivity index (χ0v) is 19.3. The van der Waals surface area contributed by atoms with Crippen molar-refractivity contribution in [2.45, 2.75) is 70.7 Å². The number of carbonyl (C=O) groups excluding carboxylic acids is 2. The van der Waals surface area contributed by atoms with Gasteiger partial charge in [-0.2, -0.15) is 0 Å². The Morgan fingerprint density at radius 2 is 1.77 bits per heavy atom. The van der Waals surface area contributed by atoms with Crippen LogP contribution in [-0.4, -0.2) is 50.8 Å². The van der Waals surface area contributed by atoms with E-state index in [9.17, 15) is 18.0 Å². The number of amides is 2. The normalized spacial score (nSPS) is 15.4. The third kappa shape index (κ3) is 6.54. The Kier molecular flexibility index (Phi) is 8.85. The monoisotopic (exact) mass is 437 g/mol. The van der Waals surface area contributed by atoms with Crippen molar-refractivity contribution >= 4 is 21.8 Å². The molecule has 2 N–H and O–H groups in total. The van der Waals surface area contributed by atoms with E-state index in [0.29, 0.717) is 18.7 Å². The highest BCUT2D eigenvalue weighted by atomic mass is 32.2. The van der Waals surface area contributed by atoms with Crippen molar-refractivity contribution < 1.29 is 18.0 Å². The fraction of sp³-hybridized carbons (Fsp3) is 0.636. The second kappa shape index (κ2) is 10.9. The Morgan fingerprint density at radius 3 is 2.37 bits per heavy atom. The molecular weight excluding hydrogens is 402 g/mol. The van der Waals surface area contributed by atoms with Crippen molar-refractivity contribution in [1.29, 1.82) is 0 Å². The molecule has 168 valence electrons. The third-order valence-corrected chi connectivity index (χ3v) is 7.39. The minimum Gasteiger partial charge on any atom is -0.353 e. The van der Waals surface area contributed by atoms with Crippen LogP contribution in [0.1, 0.15) is 57.1 Å². The van der Waals surface area contributed by atoms with Gasteiger partial charge in [-0.3, -0.25) is 9.59 Å². The Labute approximate surface area is 180 Å². The number of benzene rings is 1. The molecule has 1 aromatic rings. The molecule has 30 heavy (non-hydrogen) atoms. The van der Waals surface area contributed by atoms with Crippen LogP contribution in [0.5, 0.6) is 0 Å². The van der Waals surface area contributed by atoms with Gasteiger partial charge in [-0.05, 0) is 56.7 Å². The van der Waals surface area contributed by atoms with Gasteiger partial charge in [0.2, 0.25) is 21.8 Å². The summed E-state index contributed by atoms with van der Waals surface area (Å²) in [5.41, 5.74) is 1.54. The van der Waals surface area contributed by atoms with E-state index in [4.69, 9.17) is 0 Å². The average molecular weight is 438 g/mol. The lowest BCUT2D eigenvalue weighted by Gasteiger charge is -2.34. The molecule has 0 saturated carbocycles. The fourth-order valence-electron chi connectivity index (χ4n) is 3.81. The van der Waals surface area contributed by atoms with E-state index in [1.54, 1.807) is 19.1 Å². The molecule has 1 aliphatic heterocycles. The molecule has 2 rings (SSSR count). The second-order valence-corrected chi connectivity index (χ2v) is 9.83. The maximum atomic E-state index is 12.5. The van der Waals surface area contributed by atoms with Crippen LogP contribution >= 0.6 is 0 Å². The highest BCUT2D eigenvalue weighted by Crippen LogP contribution is 2.18. The molecule has 8 heteroatoms. The summed E-state index contributed by atoms with van der Waals surface area (Å²) >= 11 is 0. The smallest absolute Gasteiger partial charge is 0.240 e. The van der Waals surface area contributed by atoms with Crippen molar-refractivity contribution in [3.8, 4) is 0 Å². The summed E-state index contributed by atoms with van der Waals surface area (Å²) in [6.07, 6.45) is 3.24. The van der Waals surface area contributed by atoms with Gasteiger partial charge in [0.25, 0.3) is 0 Å². The summed E-state index contributed by atoms with van der Waals surface area (Å²) in [5, 5.41) is 2.97. The number of hydrogen-bond acceptors (Lipinski definition) is 4. The molecule has 1 fully saturated rings.